The van der Waals surface area contributed by atoms with Crippen molar-refractivity contribution in [3.05, 3.63) is 57.7 Å². The average Bonchev–Trinajstić information content (AvgIpc) is 2.69. The number of nitrogens with zero attached hydrogens (tertiary/aromatic N) is 4. The monoisotopic (exact) mass is 389 g/mol. The van der Waals surface area contributed by atoms with E-state index in [1.165, 1.54) is 18.2 Å². The van der Waals surface area contributed by atoms with Gasteiger partial charge >= 0.3 is 0 Å². The number of hydrogen-bond acceptors (Lipinski definition) is 6. The van der Waals surface area contributed by atoms with Crippen molar-refractivity contribution in [3.63, 3.8) is 0 Å². The zero-order valence-corrected chi connectivity index (χ0v) is 15.6. The lowest BCUT2D eigenvalue weighted by Gasteiger charge is -2.37. The standard InChI is InChI=1S/C18H20ClN5O3/c1-13(18(25)21-16-6-5-14(24(26)27)12-15(16)19)22-8-10-23(11-9-22)17-4-2-3-7-20-17/h2-7,12-13H,8-11H2,1H3,(H,21,25)/t13-/m0/s1. The highest BCUT2D eigenvalue weighted by molar-refractivity contribution is 6.34. The largest absolute Gasteiger partial charge is 0.354 e. The number of amides is 1. The van der Waals surface area contributed by atoms with Crippen LogP contribution in [0.5, 0.6) is 0 Å². The number of non-ortho nitro benzene ring substituents is 1. The molecule has 1 atom stereocenters. The number of nitrogens with one attached hydrogen (secondary N) is 1. The number of hydrogen-bond donors (Lipinski definition) is 1. The molecular formula is C18H20ClN5O3. The van der Waals surface area contributed by atoms with Crippen LogP contribution in [0.15, 0.2) is 42.6 Å². The summed E-state index contributed by atoms with van der Waals surface area (Å²) in [4.78, 5) is 31.4. The van der Waals surface area contributed by atoms with E-state index < -0.39 is 4.92 Å². The highest BCUT2D eigenvalue weighted by Gasteiger charge is 2.26. The number of nitro benzene ring substituents is 1. The highest BCUT2D eigenvalue weighted by Crippen LogP contribution is 2.27. The van der Waals surface area contributed by atoms with Crippen molar-refractivity contribution < 1.29 is 9.72 Å². The van der Waals surface area contributed by atoms with Crippen LogP contribution in [-0.2, 0) is 4.79 Å². The Balaban J connectivity index is 1.57. The SMILES string of the molecule is C[C@@H](C(=O)Nc1ccc([N+](=O)[O-])cc1Cl)N1CCN(c2ccccn2)CC1. The third kappa shape index (κ3) is 4.53. The van der Waals surface area contributed by atoms with Crippen molar-refractivity contribution in [2.24, 2.45) is 0 Å². The Morgan fingerprint density at radius 1 is 1.26 bits per heavy atom. The molecule has 27 heavy (non-hydrogen) atoms. The quantitative estimate of drug-likeness (QED) is 0.624. The summed E-state index contributed by atoms with van der Waals surface area (Å²) >= 11 is 6.05. The fourth-order valence-electron chi connectivity index (χ4n) is 3.00. The van der Waals surface area contributed by atoms with E-state index in [4.69, 9.17) is 11.6 Å². The Bertz CT molecular complexity index is 825. The van der Waals surface area contributed by atoms with Crippen molar-refractivity contribution in [1.82, 2.24) is 9.88 Å². The van der Waals surface area contributed by atoms with Gasteiger partial charge in [-0.15, -0.1) is 0 Å². The molecule has 2 heterocycles. The summed E-state index contributed by atoms with van der Waals surface area (Å²) in [6.45, 7) is 4.88. The van der Waals surface area contributed by atoms with E-state index in [-0.39, 0.29) is 22.7 Å². The van der Waals surface area contributed by atoms with Gasteiger partial charge in [0.2, 0.25) is 5.91 Å². The Kier molecular flexibility index (Phi) is 5.88. The van der Waals surface area contributed by atoms with Crippen LogP contribution in [0.3, 0.4) is 0 Å². The summed E-state index contributed by atoms with van der Waals surface area (Å²) in [5, 5.41) is 13.7. The maximum Gasteiger partial charge on any atom is 0.271 e. The number of carbonyl (C=O) groups is 1. The first-order valence-corrected chi connectivity index (χ1v) is 8.98. The molecule has 0 bridgehead atoms. The molecular weight excluding hydrogens is 370 g/mol. The Hall–Kier alpha value is -2.71. The van der Waals surface area contributed by atoms with E-state index in [0.717, 1.165) is 32.0 Å². The Labute approximate surface area is 161 Å². The zero-order valence-electron chi connectivity index (χ0n) is 14.8. The van der Waals surface area contributed by atoms with E-state index in [0.29, 0.717) is 5.69 Å². The molecule has 1 aromatic carbocycles. The predicted molar refractivity (Wildman–Crippen MR) is 104 cm³/mol. The number of benzene rings is 1. The molecule has 8 nitrogen and oxygen atoms in total. The molecule has 1 aliphatic heterocycles. The molecule has 1 aliphatic rings. The molecule has 1 aromatic heterocycles. The Morgan fingerprint density at radius 3 is 2.59 bits per heavy atom. The number of aromatic nitrogens is 1. The smallest absolute Gasteiger partial charge is 0.271 e. The highest BCUT2D eigenvalue weighted by atomic mass is 35.5. The van der Waals surface area contributed by atoms with Crippen LogP contribution in [0.2, 0.25) is 5.02 Å². The molecule has 1 fully saturated rings. The fourth-order valence-corrected chi connectivity index (χ4v) is 3.22. The molecule has 0 unspecified atom stereocenters. The second kappa shape index (κ2) is 8.32. The van der Waals surface area contributed by atoms with Gasteiger partial charge < -0.3 is 10.2 Å². The molecule has 142 valence electrons. The van der Waals surface area contributed by atoms with Gasteiger partial charge in [-0.25, -0.2) is 4.98 Å². The molecule has 9 heteroatoms. The summed E-state index contributed by atoms with van der Waals surface area (Å²) in [7, 11) is 0. The molecule has 1 amide bonds. The van der Waals surface area contributed by atoms with Crippen LogP contribution in [0.4, 0.5) is 17.2 Å². The van der Waals surface area contributed by atoms with E-state index in [1.54, 1.807) is 6.20 Å². The number of pyridine rings is 1. The van der Waals surface area contributed by atoms with Gasteiger partial charge in [0.05, 0.1) is 21.7 Å². The van der Waals surface area contributed by atoms with Crippen LogP contribution in [-0.4, -0.2) is 52.9 Å². The van der Waals surface area contributed by atoms with Crippen LogP contribution < -0.4 is 10.2 Å². The molecule has 0 aliphatic carbocycles. The predicted octanol–water partition coefficient (Wildman–Crippen LogP) is 2.79. The fraction of sp³-hybridized carbons (Fsp3) is 0.333. The molecule has 0 saturated carbocycles. The van der Waals surface area contributed by atoms with Gasteiger partial charge in [0.1, 0.15) is 5.82 Å². The average molecular weight is 390 g/mol. The summed E-state index contributed by atoms with van der Waals surface area (Å²) in [6, 6.07) is 9.47. The van der Waals surface area contributed by atoms with Crippen LogP contribution in [0, 0.1) is 10.1 Å². The molecule has 1 saturated heterocycles. The third-order valence-corrected chi connectivity index (χ3v) is 4.95. The maximum atomic E-state index is 12.6. The minimum Gasteiger partial charge on any atom is -0.354 e. The lowest BCUT2D eigenvalue weighted by Crippen LogP contribution is -2.53. The number of piperazine rings is 1. The van der Waals surface area contributed by atoms with E-state index in [2.05, 4.69) is 20.1 Å². The Morgan fingerprint density at radius 2 is 2.00 bits per heavy atom. The van der Waals surface area contributed by atoms with E-state index in [9.17, 15) is 14.9 Å². The first-order valence-electron chi connectivity index (χ1n) is 8.60. The van der Waals surface area contributed by atoms with Gasteiger partial charge in [0.15, 0.2) is 0 Å². The molecule has 2 aromatic rings. The van der Waals surface area contributed by atoms with Gasteiger partial charge in [-0.3, -0.25) is 19.8 Å². The second-order valence-corrected chi connectivity index (χ2v) is 6.70. The van der Waals surface area contributed by atoms with Crippen LogP contribution in [0.1, 0.15) is 6.92 Å². The first-order chi connectivity index (χ1) is 13.0. The first kappa shape index (κ1) is 19.1. The topological polar surface area (TPSA) is 91.6 Å². The van der Waals surface area contributed by atoms with Crippen molar-refractivity contribution in [2.45, 2.75) is 13.0 Å². The summed E-state index contributed by atoms with van der Waals surface area (Å²) in [5.74, 6) is 0.740. The van der Waals surface area contributed by atoms with Crippen molar-refractivity contribution in [3.8, 4) is 0 Å². The number of anilines is 2. The van der Waals surface area contributed by atoms with Gasteiger partial charge in [-0.1, -0.05) is 17.7 Å². The zero-order chi connectivity index (χ0) is 19.4. The number of nitro groups is 1. The second-order valence-electron chi connectivity index (χ2n) is 6.30. The minimum absolute atomic E-state index is 0.114. The molecule has 0 radical (unpaired) electrons. The number of rotatable bonds is 5. The molecule has 0 spiro atoms. The maximum absolute atomic E-state index is 12.6. The molecule has 3 rings (SSSR count). The van der Waals surface area contributed by atoms with Gasteiger partial charge in [0.25, 0.3) is 5.69 Å². The van der Waals surface area contributed by atoms with Crippen LogP contribution in [0.25, 0.3) is 0 Å². The number of halogens is 1. The van der Waals surface area contributed by atoms with Crippen molar-refractivity contribution in [1.29, 1.82) is 0 Å². The summed E-state index contributed by atoms with van der Waals surface area (Å²) < 4.78 is 0. The third-order valence-electron chi connectivity index (χ3n) is 4.64. The van der Waals surface area contributed by atoms with E-state index in [1.807, 2.05) is 25.1 Å². The minimum atomic E-state index is -0.527. The normalized spacial score (nSPS) is 16.0. The lowest BCUT2D eigenvalue weighted by atomic mass is 10.2. The van der Waals surface area contributed by atoms with Crippen molar-refractivity contribution in [2.75, 3.05) is 36.4 Å². The van der Waals surface area contributed by atoms with Gasteiger partial charge in [-0.05, 0) is 25.1 Å². The van der Waals surface area contributed by atoms with Crippen LogP contribution >= 0.6 is 11.6 Å². The lowest BCUT2D eigenvalue weighted by molar-refractivity contribution is -0.384. The van der Waals surface area contributed by atoms with Gasteiger partial charge in [0, 0.05) is 44.5 Å². The summed E-state index contributed by atoms with van der Waals surface area (Å²) in [6.07, 6.45) is 1.77. The van der Waals surface area contributed by atoms with Crippen molar-refractivity contribution >= 4 is 34.7 Å². The summed E-state index contributed by atoms with van der Waals surface area (Å²) in [5.41, 5.74) is 0.253. The number of carbonyl (C=O) groups excluding carboxylic acids is 1. The van der Waals surface area contributed by atoms with E-state index >= 15 is 0 Å². The molecule has 1 N–H and O–H groups in total. The van der Waals surface area contributed by atoms with Gasteiger partial charge in [-0.2, -0.15) is 0 Å².